The number of hydrogen-bond donors (Lipinski definition) is 1. The molecule has 0 amide bonds. The van der Waals surface area contributed by atoms with Crippen LogP contribution < -0.4 is 5.73 Å². The molecule has 0 aromatic heterocycles. The van der Waals surface area contributed by atoms with Gasteiger partial charge in [0.25, 0.3) is 0 Å². The Balaban J connectivity index is 2.52. The first-order valence-electron chi connectivity index (χ1n) is 5.97. The Hall–Kier alpha value is -2.37. The molecule has 0 spiro atoms. The SMILES string of the molecule is Cc1cc(F)cc(C(=O)c2cc(C(F)(F)F)ccc2N)c1. The summed E-state index contributed by atoms with van der Waals surface area (Å²) < 4.78 is 51.4. The molecule has 2 aromatic rings. The average molecular weight is 297 g/mol. The van der Waals surface area contributed by atoms with Gasteiger partial charge < -0.3 is 5.73 Å². The van der Waals surface area contributed by atoms with E-state index in [9.17, 15) is 22.4 Å². The number of anilines is 1. The lowest BCUT2D eigenvalue weighted by atomic mass is 9.98. The number of halogens is 4. The lowest BCUT2D eigenvalue weighted by Gasteiger charge is -2.11. The van der Waals surface area contributed by atoms with Gasteiger partial charge >= 0.3 is 6.18 Å². The van der Waals surface area contributed by atoms with Crippen molar-refractivity contribution in [2.24, 2.45) is 0 Å². The standard InChI is InChI=1S/C15H11F4NO/c1-8-4-9(6-11(16)5-8)14(21)12-7-10(15(17,18)19)2-3-13(12)20/h2-7H,20H2,1H3. The molecule has 0 bridgehead atoms. The molecule has 2 rings (SSSR count). The lowest BCUT2D eigenvalue weighted by Crippen LogP contribution is -2.11. The smallest absolute Gasteiger partial charge is 0.398 e. The largest absolute Gasteiger partial charge is 0.416 e. The van der Waals surface area contributed by atoms with Gasteiger partial charge in [0.05, 0.1) is 5.56 Å². The van der Waals surface area contributed by atoms with Crippen LogP contribution in [0.5, 0.6) is 0 Å². The molecule has 0 aliphatic heterocycles. The van der Waals surface area contributed by atoms with Crippen LogP contribution in [-0.2, 0) is 6.18 Å². The number of nitrogen functional groups attached to an aromatic ring is 1. The average Bonchev–Trinajstić information content (AvgIpc) is 2.36. The summed E-state index contributed by atoms with van der Waals surface area (Å²) in [6.45, 7) is 1.58. The Labute approximate surface area is 118 Å². The van der Waals surface area contributed by atoms with Crippen molar-refractivity contribution in [3.05, 3.63) is 64.5 Å². The van der Waals surface area contributed by atoms with Crippen LogP contribution in [0.25, 0.3) is 0 Å². The van der Waals surface area contributed by atoms with Gasteiger partial charge in [0, 0.05) is 16.8 Å². The number of nitrogens with two attached hydrogens (primary N) is 1. The van der Waals surface area contributed by atoms with Crippen molar-refractivity contribution in [1.29, 1.82) is 0 Å². The first kappa shape index (κ1) is 15.0. The van der Waals surface area contributed by atoms with Crippen molar-refractivity contribution >= 4 is 11.5 Å². The minimum absolute atomic E-state index is 0.0430. The maximum Gasteiger partial charge on any atom is 0.416 e. The maximum absolute atomic E-state index is 13.3. The topological polar surface area (TPSA) is 43.1 Å². The Bertz CT molecular complexity index is 687. The van der Waals surface area contributed by atoms with Crippen molar-refractivity contribution < 1.29 is 22.4 Å². The third kappa shape index (κ3) is 3.21. The van der Waals surface area contributed by atoms with E-state index < -0.39 is 23.3 Å². The van der Waals surface area contributed by atoms with Crippen LogP contribution in [-0.4, -0.2) is 5.78 Å². The summed E-state index contributed by atoms with van der Waals surface area (Å²) in [5.41, 5.74) is 4.65. The van der Waals surface area contributed by atoms with Gasteiger partial charge in [-0.1, -0.05) is 0 Å². The highest BCUT2D eigenvalue weighted by atomic mass is 19.4. The van der Waals surface area contributed by atoms with Gasteiger partial charge in [0.2, 0.25) is 0 Å². The number of carbonyl (C=O) groups excluding carboxylic acids is 1. The fourth-order valence-corrected chi connectivity index (χ4v) is 1.95. The zero-order valence-electron chi connectivity index (χ0n) is 11.0. The van der Waals surface area contributed by atoms with E-state index in [0.29, 0.717) is 11.6 Å². The molecule has 0 aliphatic carbocycles. The minimum atomic E-state index is -4.58. The molecular formula is C15H11F4NO. The molecule has 0 aliphatic rings. The molecule has 0 unspecified atom stereocenters. The Morgan fingerprint density at radius 1 is 1.10 bits per heavy atom. The fourth-order valence-electron chi connectivity index (χ4n) is 1.95. The molecule has 110 valence electrons. The van der Waals surface area contributed by atoms with E-state index in [0.717, 1.165) is 18.2 Å². The van der Waals surface area contributed by atoms with Gasteiger partial charge in [0.15, 0.2) is 5.78 Å². The predicted molar refractivity (Wildman–Crippen MR) is 70.4 cm³/mol. The van der Waals surface area contributed by atoms with Gasteiger partial charge in [-0.15, -0.1) is 0 Å². The highest BCUT2D eigenvalue weighted by Gasteiger charge is 2.31. The predicted octanol–water partition coefficient (Wildman–Crippen LogP) is 3.97. The van der Waals surface area contributed by atoms with E-state index in [4.69, 9.17) is 5.73 Å². The van der Waals surface area contributed by atoms with Crippen molar-refractivity contribution in [2.75, 3.05) is 5.73 Å². The molecule has 2 N–H and O–H groups in total. The highest BCUT2D eigenvalue weighted by molar-refractivity contribution is 6.12. The lowest BCUT2D eigenvalue weighted by molar-refractivity contribution is -0.137. The number of carbonyl (C=O) groups is 1. The number of benzene rings is 2. The first-order chi connectivity index (χ1) is 9.68. The van der Waals surface area contributed by atoms with Crippen molar-refractivity contribution in [3.8, 4) is 0 Å². The Morgan fingerprint density at radius 2 is 1.76 bits per heavy atom. The van der Waals surface area contributed by atoms with Gasteiger partial charge in [-0.2, -0.15) is 13.2 Å². The van der Waals surface area contributed by atoms with Crippen LogP contribution in [0.15, 0.2) is 36.4 Å². The highest BCUT2D eigenvalue weighted by Crippen LogP contribution is 2.32. The summed E-state index contributed by atoms with van der Waals surface area (Å²) in [5, 5.41) is 0. The third-order valence-corrected chi connectivity index (χ3v) is 2.93. The van der Waals surface area contributed by atoms with Crippen LogP contribution in [0, 0.1) is 12.7 Å². The number of aryl methyl sites for hydroxylation is 1. The van der Waals surface area contributed by atoms with E-state index in [-0.39, 0.29) is 16.8 Å². The van der Waals surface area contributed by atoms with Gasteiger partial charge in [-0.3, -0.25) is 4.79 Å². The zero-order valence-corrected chi connectivity index (χ0v) is 11.0. The number of rotatable bonds is 2. The zero-order chi connectivity index (χ0) is 15.8. The van der Waals surface area contributed by atoms with E-state index in [1.165, 1.54) is 12.1 Å². The summed E-state index contributed by atoms with van der Waals surface area (Å²) in [4.78, 5) is 12.2. The molecule has 2 nitrogen and oxygen atoms in total. The monoisotopic (exact) mass is 297 g/mol. The number of ketones is 1. The molecule has 6 heteroatoms. The van der Waals surface area contributed by atoms with Crippen LogP contribution in [0.2, 0.25) is 0 Å². The van der Waals surface area contributed by atoms with Gasteiger partial charge in [0.1, 0.15) is 5.82 Å². The summed E-state index contributed by atoms with van der Waals surface area (Å²) in [6, 6.07) is 6.06. The summed E-state index contributed by atoms with van der Waals surface area (Å²) in [6.07, 6.45) is -4.58. The molecule has 0 saturated carbocycles. The van der Waals surface area contributed by atoms with E-state index >= 15 is 0 Å². The van der Waals surface area contributed by atoms with E-state index in [1.54, 1.807) is 6.92 Å². The molecule has 0 fully saturated rings. The second-order valence-corrected chi connectivity index (χ2v) is 4.65. The molecular weight excluding hydrogens is 286 g/mol. The van der Waals surface area contributed by atoms with Gasteiger partial charge in [-0.05, 0) is 48.9 Å². The molecule has 0 radical (unpaired) electrons. The molecule has 0 saturated heterocycles. The number of alkyl halides is 3. The van der Waals surface area contributed by atoms with Crippen molar-refractivity contribution in [2.45, 2.75) is 13.1 Å². The van der Waals surface area contributed by atoms with Crippen LogP contribution in [0.3, 0.4) is 0 Å². The van der Waals surface area contributed by atoms with Crippen molar-refractivity contribution in [1.82, 2.24) is 0 Å². The quantitative estimate of drug-likeness (QED) is 0.518. The molecule has 0 heterocycles. The minimum Gasteiger partial charge on any atom is -0.398 e. The van der Waals surface area contributed by atoms with Crippen LogP contribution in [0.4, 0.5) is 23.2 Å². The van der Waals surface area contributed by atoms with Crippen LogP contribution >= 0.6 is 0 Å². The Morgan fingerprint density at radius 3 is 2.33 bits per heavy atom. The number of hydrogen-bond acceptors (Lipinski definition) is 2. The summed E-state index contributed by atoms with van der Waals surface area (Å²) >= 11 is 0. The molecule has 0 atom stereocenters. The Kier molecular flexibility index (Phi) is 3.72. The molecule has 2 aromatic carbocycles. The van der Waals surface area contributed by atoms with Gasteiger partial charge in [-0.25, -0.2) is 4.39 Å². The van der Waals surface area contributed by atoms with Crippen molar-refractivity contribution in [3.63, 3.8) is 0 Å². The van der Waals surface area contributed by atoms with E-state index in [2.05, 4.69) is 0 Å². The summed E-state index contributed by atoms with van der Waals surface area (Å²) in [7, 11) is 0. The third-order valence-electron chi connectivity index (χ3n) is 2.93. The summed E-state index contributed by atoms with van der Waals surface area (Å²) in [5.74, 6) is -1.38. The normalized spacial score (nSPS) is 11.5. The second kappa shape index (κ2) is 5.20. The maximum atomic E-state index is 13.3. The van der Waals surface area contributed by atoms with Crippen LogP contribution in [0.1, 0.15) is 27.0 Å². The molecule has 21 heavy (non-hydrogen) atoms. The van der Waals surface area contributed by atoms with E-state index in [1.807, 2.05) is 0 Å². The first-order valence-corrected chi connectivity index (χ1v) is 5.97. The fraction of sp³-hybridized carbons (Fsp3) is 0.133. The second-order valence-electron chi connectivity index (χ2n) is 4.65.